The maximum atomic E-state index is 10.4. The molecule has 1 spiro atoms. The minimum atomic E-state index is -1.50. The van der Waals surface area contributed by atoms with E-state index < -0.39 is 22.2 Å². The summed E-state index contributed by atoms with van der Waals surface area (Å²) in [4.78, 5) is 4.45. The minimum absolute atomic E-state index is 0.191. The molecule has 2 fully saturated rings. The summed E-state index contributed by atoms with van der Waals surface area (Å²) in [6.45, 7) is 4.32. The summed E-state index contributed by atoms with van der Waals surface area (Å²) < 4.78 is 11.9. The van der Waals surface area contributed by atoms with Crippen molar-refractivity contribution < 1.29 is 9.47 Å². The van der Waals surface area contributed by atoms with Gasteiger partial charge in [-0.3, -0.25) is 0 Å². The van der Waals surface area contributed by atoms with Crippen LogP contribution in [0.2, 0.25) is 0 Å². The van der Waals surface area contributed by atoms with E-state index in [4.69, 9.17) is 15.2 Å². The molecule has 1 heterocycles. The molecule has 0 unspecified atom stereocenters. The normalized spacial score (nSPS) is 37.6. The van der Waals surface area contributed by atoms with Gasteiger partial charge in [-0.25, -0.2) is 4.99 Å². The second-order valence-corrected chi connectivity index (χ2v) is 7.94. The predicted octanol–water partition coefficient (Wildman–Crippen LogP) is 3.46. The van der Waals surface area contributed by atoms with E-state index in [0.717, 1.165) is 25.7 Å². The molecular formula is C22H26N4O2. The summed E-state index contributed by atoms with van der Waals surface area (Å²) in [6.07, 6.45) is 3.26. The van der Waals surface area contributed by atoms with E-state index in [2.05, 4.69) is 41.4 Å². The highest BCUT2D eigenvalue weighted by molar-refractivity contribution is 6.00. The van der Waals surface area contributed by atoms with Gasteiger partial charge >= 0.3 is 0 Å². The highest BCUT2D eigenvalue weighted by Gasteiger charge is 3.00. The van der Waals surface area contributed by atoms with E-state index in [1.807, 2.05) is 19.9 Å². The number of nitriles is 2. The van der Waals surface area contributed by atoms with Gasteiger partial charge in [0.2, 0.25) is 0 Å². The van der Waals surface area contributed by atoms with Crippen LogP contribution < -0.4 is 5.73 Å². The van der Waals surface area contributed by atoms with Crippen molar-refractivity contribution in [3.63, 3.8) is 0 Å². The Morgan fingerprint density at radius 2 is 1.68 bits per heavy atom. The number of benzene rings is 1. The monoisotopic (exact) mass is 378 g/mol. The maximum Gasteiger partial charge on any atom is 0.293 e. The predicted molar refractivity (Wildman–Crippen MR) is 104 cm³/mol. The number of amidine groups is 1. The van der Waals surface area contributed by atoms with E-state index in [1.165, 1.54) is 5.56 Å². The standard InChI is InChI=1S/C22H26N4O2/c1-3-27-22(28-4-2)21(15-24)19(20(21,14-23)18(25)26-22)12-10-17(11-13-19)16-8-6-5-7-9-16/h5-9,17H,3-4,10-13H2,1-2H3,(H2,25,26)/t17?,19?,20-,21+/m0/s1. The number of ether oxygens (including phenoxy) is 2. The molecule has 6 nitrogen and oxygen atoms in total. The Hall–Kier alpha value is -2.41. The van der Waals surface area contributed by atoms with Crippen molar-refractivity contribution in [1.29, 1.82) is 10.5 Å². The zero-order chi connectivity index (χ0) is 20.0. The number of hydrogen-bond acceptors (Lipinski definition) is 6. The first kappa shape index (κ1) is 18.9. The van der Waals surface area contributed by atoms with Crippen LogP contribution in [0.5, 0.6) is 0 Å². The fourth-order valence-corrected chi connectivity index (χ4v) is 6.14. The number of hydrogen-bond donors (Lipinski definition) is 1. The summed E-state index contributed by atoms with van der Waals surface area (Å²) in [5, 5.41) is 20.6. The molecule has 2 atom stereocenters. The molecule has 2 N–H and O–H groups in total. The summed E-state index contributed by atoms with van der Waals surface area (Å²) in [5.41, 5.74) is 4.73. The smallest absolute Gasteiger partial charge is 0.293 e. The van der Waals surface area contributed by atoms with E-state index >= 15 is 0 Å². The van der Waals surface area contributed by atoms with Crippen LogP contribution in [0.15, 0.2) is 35.3 Å². The lowest BCUT2D eigenvalue weighted by molar-refractivity contribution is -0.262. The quantitative estimate of drug-likeness (QED) is 0.790. The molecule has 0 aromatic heterocycles. The molecule has 0 amide bonds. The van der Waals surface area contributed by atoms with E-state index in [1.54, 1.807) is 0 Å². The molecule has 28 heavy (non-hydrogen) atoms. The molecule has 0 bridgehead atoms. The molecule has 1 aliphatic heterocycles. The highest BCUT2D eigenvalue weighted by atomic mass is 16.7. The molecule has 6 heteroatoms. The number of nitrogens with two attached hydrogens (primary N) is 1. The van der Waals surface area contributed by atoms with Gasteiger partial charge in [-0.05, 0) is 51.0 Å². The van der Waals surface area contributed by atoms with Gasteiger partial charge in [-0.1, -0.05) is 30.3 Å². The summed E-state index contributed by atoms with van der Waals surface area (Å²) >= 11 is 0. The molecule has 0 saturated heterocycles. The van der Waals surface area contributed by atoms with Crippen molar-refractivity contribution in [3.05, 3.63) is 35.9 Å². The van der Waals surface area contributed by atoms with Gasteiger partial charge in [0, 0.05) is 18.6 Å². The molecule has 4 rings (SSSR count). The number of aliphatic imine (C=N–C) groups is 1. The molecule has 2 saturated carbocycles. The first-order valence-corrected chi connectivity index (χ1v) is 10.1. The van der Waals surface area contributed by atoms with Crippen molar-refractivity contribution in [2.45, 2.75) is 51.4 Å². The number of nitrogens with zero attached hydrogens (tertiary/aromatic N) is 3. The second kappa shape index (κ2) is 6.30. The molecule has 0 radical (unpaired) electrons. The van der Waals surface area contributed by atoms with Gasteiger partial charge in [-0.15, -0.1) is 0 Å². The summed E-state index contributed by atoms with van der Waals surface area (Å²) in [6, 6.07) is 15.3. The van der Waals surface area contributed by atoms with Crippen molar-refractivity contribution in [3.8, 4) is 12.1 Å². The zero-order valence-corrected chi connectivity index (χ0v) is 16.4. The summed E-state index contributed by atoms with van der Waals surface area (Å²) in [5.74, 6) is -0.882. The van der Waals surface area contributed by atoms with Crippen LogP contribution in [0, 0.1) is 38.9 Å². The largest absolute Gasteiger partial charge is 0.386 e. The SMILES string of the molecule is CCOC1(OCC)N=C(N)[C@@]2(C#N)C3(CCC(c4ccccc4)CC3)[C@@]12C#N. The van der Waals surface area contributed by atoms with Crippen LogP contribution >= 0.6 is 0 Å². The second-order valence-electron chi connectivity index (χ2n) is 7.94. The van der Waals surface area contributed by atoms with Crippen LogP contribution in [-0.4, -0.2) is 25.0 Å². The lowest BCUT2D eigenvalue weighted by Crippen LogP contribution is -2.46. The Balaban J connectivity index is 1.74. The van der Waals surface area contributed by atoms with Crippen molar-refractivity contribution >= 4 is 5.84 Å². The lowest BCUT2D eigenvalue weighted by Gasteiger charge is -2.38. The highest BCUT2D eigenvalue weighted by Crippen LogP contribution is 2.89. The van der Waals surface area contributed by atoms with Gasteiger partial charge in [0.25, 0.3) is 5.91 Å². The maximum absolute atomic E-state index is 10.4. The zero-order valence-electron chi connectivity index (χ0n) is 16.4. The third-order valence-corrected chi connectivity index (χ3v) is 7.19. The van der Waals surface area contributed by atoms with Gasteiger partial charge in [0.1, 0.15) is 11.3 Å². The van der Waals surface area contributed by atoms with E-state index in [-0.39, 0.29) is 5.84 Å². The van der Waals surface area contributed by atoms with Gasteiger partial charge in [-0.2, -0.15) is 10.5 Å². The average Bonchev–Trinajstić information content (AvgIpc) is 3.15. The van der Waals surface area contributed by atoms with Crippen LogP contribution in [-0.2, 0) is 9.47 Å². The Morgan fingerprint density at radius 3 is 2.18 bits per heavy atom. The first-order chi connectivity index (χ1) is 13.5. The fourth-order valence-electron chi connectivity index (χ4n) is 6.14. The summed E-state index contributed by atoms with van der Waals surface area (Å²) in [7, 11) is 0. The average molecular weight is 378 g/mol. The Kier molecular flexibility index (Phi) is 4.26. The third-order valence-electron chi connectivity index (χ3n) is 7.19. The van der Waals surface area contributed by atoms with Crippen molar-refractivity contribution in [2.75, 3.05) is 13.2 Å². The molecule has 146 valence electrons. The molecular weight excluding hydrogens is 352 g/mol. The Morgan fingerprint density at radius 1 is 1.07 bits per heavy atom. The van der Waals surface area contributed by atoms with Crippen LogP contribution in [0.3, 0.4) is 0 Å². The number of rotatable bonds is 5. The van der Waals surface area contributed by atoms with Gasteiger partial charge in [0.05, 0.1) is 12.1 Å². The molecule has 2 aliphatic carbocycles. The topological polar surface area (TPSA) is 104 Å². The third kappa shape index (κ3) is 1.85. The minimum Gasteiger partial charge on any atom is -0.386 e. The van der Waals surface area contributed by atoms with E-state index in [9.17, 15) is 10.5 Å². The van der Waals surface area contributed by atoms with Gasteiger partial charge < -0.3 is 15.2 Å². The van der Waals surface area contributed by atoms with Gasteiger partial charge in [0.15, 0.2) is 5.41 Å². The van der Waals surface area contributed by atoms with Crippen molar-refractivity contribution in [2.24, 2.45) is 27.0 Å². The Bertz CT molecular complexity index is 870. The fraction of sp³-hybridized carbons (Fsp3) is 0.591. The van der Waals surface area contributed by atoms with Crippen LogP contribution in [0.4, 0.5) is 0 Å². The van der Waals surface area contributed by atoms with E-state index in [0.29, 0.717) is 19.1 Å². The number of fused-ring (bicyclic) bond motifs is 3. The van der Waals surface area contributed by atoms with Crippen LogP contribution in [0.1, 0.15) is 51.0 Å². The lowest BCUT2D eigenvalue weighted by atomic mass is 9.71. The van der Waals surface area contributed by atoms with Crippen LogP contribution in [0.25, 0.3) is 0 Å². The molecule has 1 aromatic rings. The first-order valence-electron chi connectivity index (χ1n) is 10.1. The Labute approximate surface area is 166 Å². The molecule has 1 aromatic carbocycles. The van der Waals surface area contributed by atoms with Crippen molar-refractivity contribution in [1.82, 2.24) is 0 Å². The molecule has 3 aliphatic rings.